The number of carbonyl (C=O) groups excluding carboxylic acids is 2. The summed E-state index contributed by atoms with van der Waals surface area (Å²) in [6.45, 7) is 0.217. The zero-order chi connectivity index (χ0) is 18.1. The van der Waals surface area contributed by atoms with Gasteiger partial charge in [-0.15, -0.1) is 16.4 Å². The monoisotopic (exact) mass is 373 g/mol. The molecule has 1 fully saturated rings. The molecule has 1 aliphatic heterocycles. The Morgan fingerprint density at radius 1 is 1.31 bits per heavy atom. The predicted molar refractivity (Wildman–Crippen MR) is 89.4 cm³/mol. The van der Waals surface area contributed by atoms with E-state index in [9.17, 15) is 14.0 Å². The molecule has 0 N–H and O–H groups in total. The Balaban J connectivity index is 1.70. The maximum atomic E-state index is 13.2. The third-order valence-electron chi connectivity index (χ3n) is 3.74. The van der Waals surface area contributed by atoms with E-state index in [0.717, 1.165) is 4.88 Å². The van der Waals surface area contributed by atoms with Crippen molar-refractivity contribution in [3.63, 3.8) is 0 Å². The average molecular weight is 373 g/mol. The Labute approximate surface area is 151 Å². The Morgan fingerprint density at radius 3 is 2.77 bits per heavy atom. The summed E-state index contributed by atoms with van der Waals surface area (Å²) in [5.74, 6) is -1.53. The standard InChI is InChI=1S/C17H12FN3O4S/c18-10-3-5-11(6-4-10)21-15(13-2-1-9-26-13)19-14(20-21)17(23)25-12-7-8-24-16(12)22/h1-6,9,12H,7-8H2. The number of aromatic nitrogens is 3. The maximum absolute atomic E-state index is 13.2. The van der Waals surface area contributed by atoms with Crippen molar-refractivity contribution in [3.8, 4) is 16.4 Å². The summed E-state index contributed by atoms with van der Waals surface area (Å²) < 4.78 is 24.6. The van der Waals surface area contributed by atoms with Gasteiger partial charge < -0.3 is 9.47 Å². The second-order valence-electron chi connectivity index (χ2n) is 5.47. The lowest BCUT2D eigenvalue weighted by Gasteiger charge is -2.05. The zero-order valence-electron chi connectivity index (χ0n) is 13.3. The molecule has 132 valence electrons. The molecule has 1 unspecified atom stereocenters. The van der Waals surface area contributed by atoms with E-state index in [1.54, 1.807) is 0 Å². The molecule has 1 aliphatic rings. The average Bonchev–Trinajstić information content (AvgIpc) is 3.36. The first kappa shape index (κ1) is 16.4. The highest BCUT2D eigenvalue weighted by atomic mass is 32.1. The summed E-state index contributed by atoms with van der Waals surface area (Å²) in [6.07, 6.45) is -0.633. The van der Waals surface area contributed by atoms with Crippen LogP contribution in [0, 0.1) is 5.82 Å². The van der Waals surface area contributed by atoms with E-state index in [1.807, 2.05) is 17.5 Å². The van der Waals surface area contributed by atoms with E-state index in [1.165, 1.54) is 40.3 Å². The zero-order valence-corrected chi connectivity index (χ0v) is 14.1. The van der Waals surface area contributed by atoms with Crippen LogP contribution in [-0.4, -0.2) is 39.4 Å². The van der Waals surface area contributed by atoms with Crippen molar-refractivity contribution in [1.29, 1.82) is 0 Å². The van der Waals surface area contributed by atoms with Crippen LogP contribution in [-0.2, 0) is 14.3 Å². The van der Waals surface area contributed by atoms with Crippen LogP contribution in [0.25, 0.3) is 16.4 Å². The van der Waals surface area contributed by atoms with Gasteiger partial charge in [0, 0.05) is 6.42 Å². The number of thiophene rings is 1. The van der Waals surface area contributed by atoms with E-state index in [0.29, 0.717) is 17.9 Å². The minimum absolute atomic E-state index is 0.183. The fraction of sp³-hybridized carbons (Fsp3) is 0.176. The van der Waals surface area contributed by atoms with Crippen LogP contribution in [0.1, 0.15) is 17.0 Å². The Bertz CT molecular complexity index is 953. The van der Waals surface area contributed by atoms with Gasteiger partial charge in [-0.2, -0.15) is 4.98 Å². The van der Waals surface area contributed by atoms with E-state index in [2.05, 4.69) is 10.1 Å². The van der Waals surface area contributed by atoms with Gasteiger partial charge in [0.25, 0.3) is 5.82 Å². The van der Waals surface area contributed by atoms with Gasteiger partial charge >= 0.3 is 11.9 Å². The van der Waals surface area contributed by atoms with Crippen molar-refractivity contribution in [2.75, 3.05) is 6.61 Å². The number of cyclic esters (lactones) is 1. The molecular weight excluding hydrogens is 361 g/mol. The molecule has 0 spiro atoms. The normalized spacial score (nSPS) is 16.5. The van der Waals surface area contributed by atoms with Crippen LogP contribution in [0.5, 0.6) is 0 Å². The molecular formula is C17H12FN3O4S. The van der Waals surface area contributed by atoms with E-state index in [-0.39, 0.29) is 18.2 Å². The summed E-state index contributed by atoms with van der Waals surface area (Å²) >= 11 is 1.42. The fourth-order valence-electron chi connectivity index (χ4n) is 2.49. The summed E-state index contributed by atoms with van der Waals surface area (Å²) in [4.78, 5) is 28.9. The highest BCUT2D eigenvalue weighted by Crippen LogP contribution is 2.26. The van der Waals surface area contributed by atoms with Crippen molar-refractivity contribution in [1.82, 2.24) is 14.8 Å². The molecule has 0 amide bonds. The highest BCUT2D eigenvalue weighted by molar-refractivity contribution is 7.13. The van der Waals surface area contributed by atoms with Gasteiger partial charge in [-0.1, -0.05) is 6.07 Å². The number of rotatable bonds is 4. The van der Waals surface area contributed by atoms with Crippen LogP contribution in [0.3, 0.4) is 0 Å². The highest BCUT2D eigenvalue weighted by Gasteiger charge is 2.32. The first-order valence-corrected chi connectivity index (χ1v) is 8.64. The lowest BCUT2D eigenvalue weighted by Crippen LogP contribution is -2.23. The second kappa shape index (κ2) is 6.68. The van der Waals surface area contributed by atoms with Gasteiger partial charge in [0.15, 0.2) is 5.82 Å². The number of hydrogen-bond acceptors (Lipinski definition) is 7. The van der Waals surface area contributed by atoms with Gasteiger partial charge in [-0.25, -0.2) is 18.7 Å². The summed E-state index contributed by atoms with van der Waals surface area (Å²) in [7, 11) is 0. The number of carbonyl (C=O) groups is 2. The van der Waals surface area contributed by atoms with Crippen LogP contribution < -0.4 is 0 Å². The topological polar surface area (TPSA) is 83.3 Å². The molecule has 0 radical (unpaired) electrons. The molecule has 3 heterocycles. The lowest BCUT2D eigenvalue weighted by atomic mass is 10.3. The molecule has 0 saturated carbocycles. The first-order valence-electron chi connectivity index (χ1n) is 7.76. The molecule has 0 bridgehead atoms. The van der Waals surface area contributed by atoms with Gasteiger partial charge in [0.1, 0.15) is 5.82 Å². The number of nitrogens with zero attached hydrogens (tertiary/aromatic N) is 3. The van der Waals surface area contributed by atoms with Crippen molar-refractivity contribution < 1.29 is 23.5 Å². The predicted octanol–water partition coefficient (Wildman–Crippen LogP) is 2.61. The van der Waals surface area contributed by atoms with Crippen LogP contribution in [0.2, 0.25) is 0 Å². The molecule has 0 aliphatic carbocycles. The first-order chi connectivity index (χ1) is 12.6. The van der Waals surface area contributed by atoms with Crippen molar-refractivity contribution in [2.24, 2.45) is 0 Å². The van der Waals surface area contributed by atoms with Crippen LogP contribution in [0.15, 0.2) is 41.8 Å². The number of benzene rings is 1. The van der Waals surface area contributed by atoms with E-state index >= 15 is 0 Å². The van der Waals surface area contributed by atoms with Gasteiger partial charge in [-0.3, -0.25) is 0 Å². The van der Waals surface area contributed by atoms with Crippen molar-refractivity contribution in [2.45, 2.75) is 12.5 Å². The Hall–Kier alpha value is -3.07. The van der Waals surface area contributed by atoms with Gasteiger partial charge in [0.2, 0.25) is 6.10 Å². The molecule has 2 aromatic heterocycles. The molecule has 9 heteroatoms. The minimum atomic E-state index is -0.939. The number of hydrogen-bond donors (Lipinski definition) is 0. The third-order valence-corrected chi connectivity index (χ3v) is 4.60. The molecule has 3 aromatic rings. The Morgan fingerprint density at radius 2 is 2.12 bits per heavy atom. The summed E-state index contributed by atoms with van der Waals surface area (Å²) in [6, 6.07) is 9.33. The molecule has 7 nitrogen and oxygen atoms in total. The maximum Gasteiger partial charge on any atom is 0.379 e. The summed E-state index contributed by atoms with van der Waals surface area (Å²) in [5.41, 5.74) is 0.543. The summed E-state index contributed by atoms with van der Waals surface area (Å²) in [5, 5.41) is 6.06. The third kappa shape index (κ3) is 3.08. The van der Waals surface area contributed by atoms with Crippen LogP contribution in [0.4, 0.5) is 4.39 Å². The number of ether oxygens (including phenoxy) is 2. The minimum Gasteiger partial charge on any atom is -0.463 e. The van der Waals surface area contributed by atoms with E-state index < -0.39 is 18.0 Å². The Kier molecular flexibility index (Phi) is 4.21. The lowest BCUT2D eigenvalue weighted by molar-refractivity contribution is -0.145. The number of esters is 2. The quantitative estimate of drug-likeness (QED) is 0.654. The van der Waals surface area contributed by atoms with Crippen molar-refractivity contribution >= 4 is 23.3 Å². The van der Waals surface area contributed by atoms with Gasteiger partial charge in [-0.05, 0) is 35.7 Å². The second-order valence-corrected chi connectivity index (χ2v) is 6.42. The van der Waals surface area contributed by atoms with Gasteiger partial charge in [0.05, 0.1) is 17.2 Å². The van der Waals surface area contributed by atoms with Crippen LogP contribution >= 0.6 is 11.3 Å². The molecule has 1 aromatic carbocycles. The SMILES string of the molecule is O=C(OC1CCOC1=O)c1nc(-c2cccs2)n(-c2ccc(F)cc2)n1. The van der Waals surface area contributed by atoms with Crippen molar-refractivity contribution in [3.05, 3.63) is 53.4 Å². The largest absolute Gasteiger partial charge is 0.463 e. The fourth-order valence-corrected chi connectivity index (χ4v) is 3.19. The number of halogens is 1. The molecule has 4 rings (SSSR count). The van der Waals surface area contributed by atoms with E-state index in [4.69, 9.17) is 9.47 Å². The molecule has 26 heavy (non-hydrogen) atoms. The molecule has 1 saturated heterocycles. The molecule has 1 atom stereocenters. The smallest absolute Gasteiger partial charge is 0.379 e.